The molecule has 4 heteroatoms. The van der Waals surface area contributed by atoms with Gasteiger partial charge in [0.1, 0.15) is 0 Å². The molecule has 0 unspecified atom stereocenters. The Bertz CT molecular complexity index is 516. The number of benzene rings is 1. The van der Waals surface area contributed by atoms with Gasteiger partial charge >= 0.3 is 0 Å². The van der Waals surface area contributed by atoms with Gasteiger partial charge < -0.3 is 0 Å². The van der Waals surface area contributed by atoms with E-state index >= 15 is 0 Å². The Labute approximate surface area is 110 Å². The first-order valence-corrected chi connectivity index (χ1v) is 7.67. The molecule has 102 valence electrons. The second-order valence-electron chi connectivity index (χ2n) is 5.68. The first-order chi connectivity index (χ1) is 8.15. The van der Waals surface area contributed by atoms with Gasteiger partial charge in [0.15, 0.2) is 0 Å². The molecule has 0 aliphatic heterocycles. The lowest BCUT2D eigenvalue weighted by atomic mass is 9.81. The summed E-state index contributed by atoms with van der Waals surface area (Å²) in [5.41, 5.74) is 1.74. The molecule has 0 amide bonds. The second-order valence-corrected chi connectivity index (χ2v) is 7.07. The summed E-state index contributed by atoms with van der Waals surface area (Å²) in [5, 5.41) is 0. The third kappa shape index (κ3) is 4.10. The van der Waals surface area contributed by atoms with Crippen LogP contribution in [0, 0.1) is 12.3 Å². The summed E-state index contributed by atoms with van der Waals surface area (Å²) in [4.78, 5) is 0.0391. The molecule has 0 aromatic heterocycles. The molecule has 0 saturated carbocycles. The molecule has 18 heavy (non-hydrogen) atoms. The van der Waals surface area contributed by atoms with Crippen LogP contribution in [0.15, 0.2) is 23.1 Å². The van der Waals surface area contributed by atoms with E-state index in [0.717, 1.165) is 18.4 Å². The smallest absolute Gasteiger partial charge is 0.282 e. The van der Waals surface area contributed by atoms with E-state index in [2.05, 4.69) is 20.8 Å². The predicted octanol–water partition coefficient (Wildman–Crippen LogP) is 3.61. The van der Waals surface area contributed by atoms with Crippen LogP contribution in [0.25, 0.3) is 0 Å². The molecule has 0 aliphatic carbocycles. The number of rotatable bonds is 5. The Balaban J connectivity index is 3.19. The molecular weight excluding hydrogens is 248 g/mol. The summed E-state index contributed by atoms with van der Waals surface area (Å²) in [6.07, 6.45) is 2.73. The highest BCUT2D eigenvalue weighted by Crippen LogP contribution is 2.30. The maximum Gasteiger partial charge on any atom is 0.294 e. The van der Waals surface area contributed by atoms with Gasteiger partial charge in [0.2, 0.25) is 0 Å². The van der Waals surface area contributed by atoms with E-state index in [1.54, 1.807) is 6.07 Å². The maximum atomic E-state index is 11.4. The van der Waals surface area contributed by atoms with Gasteiger partial charge in [-0.2, -0.15) is 8.42 Å². The first kappa shape index (κ1) is 15.2. The van der Waals surface area contributed by atoms with Crippen LogP contribution in [0.5, 0.6) is 0 Å². The molecule has 0 heterocycles. The SMILES string of the molecule is CCCC(C)(C)Cc1cc(C)ccc1S(=O)(=O)O. The highest BCUT2D eigenvalue weighted by molar-refractivity contribution is 7.85. The minimum absolute atomic E-state index is 0.0297. The van der Waals surface area contributed by atoms with Crippen LogP contribution in [0.4, 0.5) is 0 Å². The summed E-state index contributed by atoms with van der Waals surface area (Å²) in [6.45, 7) is 8.27. The van der Waals surface area contributed by atoms with Crippen LogP contribution in [-0.2, 0) is 16.5 Å². The first-order valence-electron chi connectivity index (χ1n) is 6.23. The Morgan fingerprint density at radius 3 is 2.39 bits per heavy atom. The Hall–Kier alpha value is -0.870. The van der Waals surface area contributed by atoms with Gasteiger partial charge in [-0.15, -0.1) is 0 Å². The van der Waals surface area contributed by atoms with Crippen molar-refractivity contribution in [3.05, 3.63) is 29.3 Å². The van der Waals surface area contributed by atoms with E-state index in [4.69, 9.17) is 0 Å². The number of hydrogen-bond donors (Lipinski definition) is 1. The highest BCUT2D eigenvalue weighted by atomic mass is 32.2. The van der Waals surface area contributed by atoms with Crippen LogP contribution in [-0.4, -0.2) is 13.0 Å². The van der Waals surface area contributed by atoms with Gasteiger partial charge in [-0.1, -0.05) is 44.9 Å². The van der Waals surface area contributed by atoms with Crippen molar-refractivity contribution in [2.24, 2.45) is 5.41 Å². The molecule has 1 aromatic carbocycles. The lowest BCUT2D eigenvalue weighted by molar-refractivity contribution is 0.326. The summed E-state index contributed by atoms with van der Waals surface area (Å²) in [5.74, 6) is 0. The van der Waals surface area contributed by atoms with Crippen molar-refractivity contribution < 1.29 is 13.0 Å². The molecular formula is C14H22O3S. The quantitative estimate of drug-likeness (QED) is 0.831. The zero-order valence-corrected chi connectivity index (χ0v) is 12.3. The van der Waals surface area contributed by atoms with Gasteiger partial charge in [0.05, 0.1) is 4.90 Å². The van der Waals surface area contributed by atoms with E-state index in [-0.39, 0.29) is 10.3 Å². The van der Waals surface area contributed by atoms with E-state index in [1.165, 1.54) is 6.07 Å². The monoisotopic (exact) mass is 270 g/mol. The van der Waals surface area contributed by atoms with Crippen molar-refractivity contribution in [1.29, 1.82) is 0 Å². The minimum atomic E-state index is -4.14. The summed E-state index contributed by atoms with van der Waals surface area (Å²) in [6, 6.07) is 5.04. The van der Waals surface area contributed by atoms with Crippen LogP contribution in [0.3, 0.4) is 0 Å². The van der Waals surface area contributed by atoms with E-state index < -0.39 is 10.1 Å². The highest BCUT2D eigenvalue weighted by Gasteiger charge is 2.22. The van der Waals surface area contributed by atoms with Gasteiger partial charge in [-0.25, -0.2) is 0 Å². The van der Waals surface area contributed by atoms with Crippen molar-refractivity contribution >= 4 is 10.1 Å². The summed E-state index contributed by atoms with van der Waals surface area (Å²) < 4.78 is 32.0. The fraction of sp³-hybridized carbons (Fsp3) is 0.571. The fourth-order valence-electron chi connectivity index (χ4n) is 2.38. The number of hydrogen-bond acceptors (Lipinski definition) is 2. The van der Waals surface area contributed by atoms with E-state index in [0.29, 0.717) is 12.0 Å². The molecule has 0 atom stereocenters. The number of aryl methyl sites for hydroxylation is 1. The molecule has 0 saturated heterocycles. The topological polar surface area (TPSA) is 54.4 Å². The zero-order valence-electron chi connectivity index (χ0n) is 11.5. The van der Waals surface area contributed by atoms with Crippen LogP contribution in [0.2, 0.25) is 0 Å². The summed E-state index contributed by atoms with van der Waals surface area (Å²) >= 11 is 0. The third-order valence-corrected chi connectivity index (χ3v) is 4.04. The molecule has 1 rings (SSSR count). The van der Waals surface area contributed by atoms with Crippen molar-refractivity contribution in [3.8, 4) is 0 Å². The average Bonchev–Trinajstić information content (AvgIpc) is 2.14. The third-order valence-electron chi connectivity index (χ3n) is 3.09. The molecule has 1 aromatic rings. The van der Waals surface area contributed by atoms with Crippen molar-refractivity contribution in [2.45, 2.75) is 51.9 Å². The Morgan fingerprint density at radius 1 is 1.28 bits per heavy atom. The zero-order chi connectivity index (χ0) is 14.0. The second kappa shape index (κ2) is 5.41. The fourth-order valence-corrected chi connectivity index (χ4v) is 3.08. The standard InChI is InChI=1S/C14H22O3S/c1-5-8-14(3,4)10-12-9-11(2)6-7-13(12)18(15,16)17/h6-7,9H,5,8,10H2,1-4H3,(H,15,16,17). The van der Waals surface area contributed by atoms with Gasteiger partial charge in [-0.05, 0) is 36.8 Å². The molecule has 0 radical (unpaired) electrons. The molecule has 0 fully saturated rings. The molecule has 0 spiro atoms. The lowest BCUT2D eigenvalue weighted by Gasteiger charge is -2.25. The normalized spacial score (nSPS) is 12.7. The maximum absolute atomic E-state index is 11.4. The predicted molar refractivity (Wildman–Crippen MR) is 73.4 cm³/mol. The van der Waals surface area contributed by atoms with Crippen LogP contribution < -0.4 is 0 Å². The average molecular weight is 270 g/mol. The van der Waals surface area contributed by atoms with Gasteiger partial charge in [-0.3, -0.25) is 4.55 Å². The van der Waals surface area contributed by atoms with Gasteiger partial charge in [0.25, 0.3) is 10.1 Å². The molecule has 0 aliphatic rings. The van der Waals surface area contributed by atoms with Crippen molar-refractivity contribution in [2.75, 3.05) is 0 Å². The summed E-state index contributed by atoms with van der Waals surface area (Å²) in [7, 11) is -4.14. The van der Waals surface area contributed by atoms with Gasteiger partial charge in [0, 0.05) is 0 Å². The Morgan fingerprint density at radius 2 is 1.89 bits per heavy atom. The van der Waals surface area contributed by atoms with Crippen LogP contribution >= 0.6 is 0 Å². The molecule has 3 nitrogen and oxygen atoms in total. The molecule has 1 N–H and O–H groups in total. The van der Waals surface area contributed by atoms with Crippen molar-refractivity contribution in [3.63, 3.8) is 0 Å². The van der Waals surface area contributed by atoms with Crippen molar-refractivity contribution in [1.82, 2.24) is 0 Å². The lowest BCUT2D eigenvalue weighted by Crippen LogP contribution is -2.17. The van der Waals surface area contributed by atoms with E-state index in [9.17, 15) is 13.0 Å². The largest absolute Gasteiger partial charge is 0.294 e. The van der Waals surface area contributed by atoms with Crippen LogP contribution in [0.1, 0.15) is 44.7 Å². The van der Waals surface area contributed by atoms with E-state index in [1.807, 2.05) is 13.0 Å². The minimum Gasteiger partial charge on any atom is -0.282 e. The molecule has 0 bridgehead atoms. The Kier molecular flexibility index (Phi) is 4.56.